The maximum Gasteiger partial charge on any atom is 0.496 e. The lowest BCUT2D eigenvalue weighted by Gasteiger charge is -2.27. The lowest BCUT2D eigenvalue weighted by molar-refractivity contribution is -0.137. The molecule has 0 saturated carbocycles. The number of unbranched alkanes of at least 4 members (excludes halogenated alkanes) is 1. The molecule has 1 heterocycles. The molecule has 0 radical (unpaired) electrons. The zero-order valence-corrected chi connectivity index (χ0v) is 13.0. The minimum Gasteiger partial charge on any atom is -0.406 e. The van der Waals surface area contributed by atoms with Gasteiger partial charge in [0.15, 0.2) is 0 Å². The van der Waals surface area contributed by atoms with Crippen molar-refractivity contribution >= 4 is 12.6 Å². The molecule has 3 nitrogen and oxygen atoms in total. The molecular formula is C15H20BF4NO2. The topological polar surface area (TPSA) is 21.7 Å². The zero-order valence-electron chi connectivity index (χ0n) is 13.0. The van der Waals surface area contributed by atoms with Crippen LogP contribution in [0, 0.1) is 5.82 Å². The van der Waals surface area contributed by atoms with E-state index in [1.807, 2.05) is 0 Å². The van der Waals surface area contributed by atoms with Crippen LogP contribution in [0.4, 0.5) is 17.6 Å². The monoisotopic (exact) mass is 333 g/mol. The highest BCUT2D eigenvalue weighted by molar-refractivity contribution is 6.61. The Bertz CT molecular complexity index is 503. The van der Waals surface area contributed by atoms with Gasteiger partial charge in [0, 0.05) is 31.8 Å². The summed E-state index contributed by atoms with van der Waals surface area (Å²) in [5.74, 6) is -0.758. The molecule has 1 aromatic rings. The first-order valence-electron chi connectivity index (χ1n) is 7.74. The first kappa shape index (κ1) is 18.2. The van der Waals surface area contributed by atoms with Crippen molar-refractivity contribution in [1.29, 1.82) is 0 Å². The first-order valence-corrected chi connectivity index (χ1v) is 7.74. The molecule has 2 rings (SSSR count). The Labute approximate surface area is 133 Å². The van der Waals surface area contributed by atoms with E-state index in [1.165, 1.54) is 0 Å². The normalized spacial score (nSPS) is 17.9. The van der Waals surface area contributed by atoms with Crippen molar-refractivity contribution in [1.82, 2.24) is 4.90 Å². The third-order valence-corrected chi connectivity index (χ3v) is 3.76. The van der Waals surface area contributed by atoms with Crippen LogP contribution in [0.3, 0.4) is 0 Å². The maximum absolute atomic E-state index is 13.9. The summed E-state index contributed by atoms with van der Waals surface area (Å²) < 4.78 is 63.1. The van der Waals surface area contributed by atoms with Crippen molar-refractivity contribution in [3.05, 3.63) is 29.6 Å². The maximum atomic E-state index is 13.9. The van der Waals surface area contributed by atoms with Gasteiger partial charge in [-0.05, 0) is 31.2 Å². The number of hydrogen-bond donors (Lipinski definition) is 0. The minimum absolute atomic E-state index is 0.207. The summed E-state index contributed by atoms with van der Waals surface area (Å²) in [4.78, 5) is 2.17. The Kier molecular flexibility index (Phi) is 6.44. The predicted octanol–water partition coefficient (Wildman–Crippen LogP) is 2.69. The highest BCUT2D eigenvalue weighted by Gasteiger charge is 2.34. The molecular weight excluding hydrogens is 313 g/mol. The molecule has 1 aliphatic rings. The SMILES string of the molecule is CCCCN1CCOB(c2cc(C(F)(F)F)ccc2F)OCC1. The molecule has 23 heavy (non-hydrogen) atoms. The molecule has 128 valence electrons. The van der Waals surface area contributed by atoms with Gasteiger partial charge in [-0.25, -0.2) is 4.39 Å². The van der Waals surface area contributed by atoms with Gasteiger partial charge in [0.05, 0.1) is 5.56 Å². The Morgan fingerprint density at radius 1 is 1.17 bits per heavy atom. The van der Waals surface area contributed by atoms with E-state index < -0.39 is 24.7 Å². The highest BCUT2D eigenvalue weighted by atomic mass is 19.4. The van der Waals surface area contributed by atoms with Crippen molar-refractivity contribution in [2.75, 3.05) is 32.8 Å². The van der Waals surface area contributed by atoms with Crippen LogP contribution in [0.5, 0.6) is 0 Å². The molecule has 0 bridgehead atoms. The van der Waals surface area contributed by atoms with E-state index in [-0.39, 0.29) is 18.7 Å². The summed E-state index contributed by atoms with van der Waals surface area (Å²) in [7, 11) is -1.11. The Morgan fingerprint density at radius 3 is 2.39 bits per heavy atom. The Hall–Kier alpha value is -1.12. The van der Waals surface area contributed by atoms with Crippen LogP contribution in [0.2, 0.25) is 0 Å². The van der Waals surface area contributed by atoms with Crippen LogP contribution in [-0.2, 0) is 15.5 Å². The van der Waals surface area contributed by atoms with E-state index in [4.69, 9.17) is 9.31 Å². The number of benzene rings is 1. The van der Waals surface area contributed by atoms with E-state index in [0.29, 0.717) is 19.2 Å². The molecule has 1 aliphatic heterocycles. The standard InChI is InChI=1S/C15H20BF4NO2/c1-2-3-6-21-7-9-22-16(23-10-8-21)13-11-12(15(18,19)20)4-5-14(13)17/h4-5,11H,2-3,6-10H2,1H3. The van der Waals surface area contributed by atoms with E-state index in [1.54, 1.807) is 0 Å². The van der Waals surface area contributed by atoms with Crippen molar-refractivity contribution in [3.63, 3.8) is 0 Å². The average molecular weight is 333 g/mol. The number of nitrogens with zero attached hydrogens (tertiary/aromatic N) is 1. The largest absolute Gasteiger partial charge is 0.496 e. The van der Waals surface area contributed by atoms with Crippen LogP contribution in [0.25, 0.3) is 0 Å². The fourth-order valence-electron chi connectivity index (χ4n) is 2.42. The predicted molar refractivity (Wildman–Crippen MR) is 80.0 cm³/mol. The summed E-state index contributed by atoms with van der Waals surface area (Å²) in [6.45, 7) is 4.89. The molecule has 0 amide bonds. The summed E-state index contributed by atoms with van der Waals surface area (Å²) >= 11 is 0. The van der Waals surface area contributed by atoms with Crippen molar-refractivity contribution in [2.24, 2.45) is 0 Å². The zero-order chi connectivity index (χ0) is 16.9. The third-order valence-electron chi connectivity index (χ3n) is 3.76. The molecule has 0 unspecified atom stereocenters. The van der Waals surface area contributed by atoms with Gasteiger partial charge in [0.1, 0.15) is 5.82 Å². The van der Waals surface area contributed by atoms with Gasteiger partial charge < -0.3 is 9.31 Å². The highest BCUT2D eigenvalue weighted by Crippen LogP contribution is 2.28. The van der Waals surface area contributed by atoms with Crippen LogP contribution in [0.1, 0.15) is 25.3 Å². The van der Waals surface area contributed by atoms with Gasteiger partial charge in [-0.1, -0.05) is 13.3 Å². The van der Waals surface area contributed by atoms with Gasteiger partial charge in [-0.2, -0.15) is 13.2 Å². The molecule has 0 spiro atoms. The van der Waals surface area contributed by atoms with Gasteiger partial charge >= 0.3 is 13.3 Å². The summed E-state index contributed by atoms with van der Waals surface area (Å²) in [6.07, 6.45) is -2.39. The molecule has 1 saturated heterocycles. The fourth-order valence-corrected chi connectivity index (χ4v) is 2.42. The smallest absolute Gasteiger partial charge is 0.406 e. The van der Waals surface area contributed by atoms with E-state index in [9.17, 15) is 17.6 Å². The van der Waals surface area contributed by atoms with Crippen LogP contribution < -0.4 is 5.46 Å². The van der Waals surface area contributed by atoms with E-state index >= 15 is 0 Å². The second-order valence-corrected chi connectivity index (χ2v) is 5.50. The second kappa shape index (κ2) is 8.12. The van der Waals surface area contributed by atoms with Crippen LogP contribution in [-0.4, -0.2) is 44.9 Å². The van der Waals surface area contributed by atoms with E-state index in [0.717, 1.165) is 31.5 Å². The van der Waals surface area contributed by atoms with Crippen LogP contribution in [0.15, 0.2) is 18.2 Å². The third kappa shape index (κ3) is 5.19. The Balaban J connectivity index is 2.05. The van der Waals surface area contributed by atoms with Crippen molar-refractivity contribution < 1.29 is 26.9 Å². The quantitative estimate of drug-likeness (QED) is 0.625. The summed E-state index contributed by atoms with van der Waals surface area (Å²) in [5, 5.41) is 0. The molecule has 0 N–H and O–H groups in total. The lowest BCUT2D eigenvalue weighted by Crippen LogP contribution is -2.46. The van der Waals surface area contributed by atoms with E-state index in [2.05, 4.69) is 11.8 Å². The van der Waals surface area contributed by atoms with Crippen molar-refractivity contribution in [2.45, 2.75) is 25.9 Å². The molecule has 8 heteroatoms. The number of rotatable bonds is 4. The summed E-state index contributed by atoms with van der Waals surface area (Å²) in [5.41, 5.74) is -1.12. The first-order chi connectivity index (χ1) is 10.9. The Morgan fingerprint density at radius 2 is 1.83 bits per heavy atom. The van der Waals surface area contributed by atoms with Crippen LogP contribution >= 0.6 is 0 Å². The van der Waals surface area contributed by atoms with Crippen molar-refractivity contribution in [3.8, 4) is 0 Å². The lowest BCUT2D eigenvalue weighted by atomic mass is 9.77. The number of alkyl halides is 3. The molecule has 0 aromatic heterocycles. The number of hydrogen-bond acceptors (Lipinski definition) is 3. The second-order valence-electron chi connectivity index (χ2n) is 5.50. The fraction of sp³-hybridized carbons (Fsp3) is 0.600. The van der Waals surface area contributed by atoms with Gasteiger partial charge in [0.2, 0.25) is 0 Å². The minimum atomic E-state index is -4.53. The summed E-state index contributed by atoms with van der Waals surface area (Å²) in [6, 6.07) is 2.28. The number of halogens is 4. The molecule has 0 aliphatic carbocycles. The molecule has 0 atom stereocenters. The molecule has 1 aromatic carbocycles. The van der Waals surface area contributed by atoms with Gasteiger partial charge in [0.25, 0.3) is 0 Å². The van der Waals surface area contributed by atoms with Gasteiger partial charge in [-0.15, -0.1) is 0 Å². The average Bonchev–Trinajstić information content (AvgIpc) is 2.46. The molecule has 1 fully saturated rings. The van der Waals surface area contributed by atoms with Gasteiger partial charge in [-0.3, -0.25) is 4.90 Å².